The molecule has 0 unspecified atom stereocenters. The summed E-state index contributed by atoms with van der Waals surface area (Å²) in [6, 6.07) is 8.54. The molecule has 8 nitrogen and oxygen atoms in total. The van der Waals surface area contributed by atoms with Gasteiger partial charge in [-0.3, -0.25) is 14.9 Å². The van der Waals surface area contributed by atoms with Crippen molar-refractivity contribution in [3.8, 4) is 0 Å². The van der Waals surface area contributed by atoms with Gasteiger partial charge in [0.2, 0.25) is 10.0 Å². The molecular weight excluding hydrogens is 346 g/mol. The summed E-state index contributed by atoms with van der Waals surface area (Å²) >= 11 is 0. The number of hydrogen-bond donors (Lipinski definition) is 2. The second-order valence-electron chi connectivity index (χ2n) is 5.40. The minimum absolute atomic E-state index is 0.0627. The molecule has 0 aromatic heterocycles. The van der Waals surface area contributed by atoms with E-state index < -0.39 is 20.9 Å². The van der Waals surface area contributed by atoms with Gasteiger partial charge in [-0.25, -0.2) is 13.1 Å². The van der Waals surface area contributed by atoms with E-state index in [0.29, 0.717) is 16.8 Å². The van der Waals surface area contributed by atoms with Gasteiger partial charge in [-0.1, -0.05) is 6.07 Å². The lowest BCUT2D eigenvalue weighted by atomic mass is 10.1. The van der Waals surface area contributed by atoms with Crippen molar-refractivity contribution in [1.82, 2.24) is 4.72 Å². The average molecular weight is 363 g/mol. The summed E-state index contributed by atoms with van der Waals surface area (Å²) in [6.07, 6.45) is 0. The average Bonchev–Trinajstić information content (AvgIpc) is 2.55. The Kier molecular flexibility index (Phi) is 5.19. The number of hydrogen-bond acceptors (Lipinski definition) is 5. The van der Waals surface area contributed by atoms with Crippen LogP contribution in [-0.4, -0.2) is 26.3 Å². The number of nitro groups is 1. The van der Waals surface area contributed by atoms with Gasteiger partial charge in [-0.15, -0.1) is 0 Å². The molecule has 2 aromatic carbocycles. The Bertz CT molecular complexity index is 954. The molecule has 1 amide bonds. The summed E-state index contributed by atoms with van der Waals surface area (Å²) in [7, 11) is -2.34. The Hall–Kier alpha value is -2.78. The van der Waals surface area contributed by atoms with Crippen molar-refractivity contribution in [2.45, 2.75) is 18.7 Å². The molecule has 2 rings (SSSR count). The molecule has 0 heterocycles. The molecule has 9 heteroatoms. The van der Waals surface area contributed by atoms with Crippen LogP contribution in [0.3, 0.4) is 0 Å². The first-order chi connectivity index (χ1) is 11.7. The van der Waals surface area contributed by atoms with Crippen LogP contribution >= 0.6 is 0 Å². The second kappa shape index (κ2) is 6.99. The molecule has 0 radical (unpaired) electrons. The molecule has 0 aliphatic rings. The first-order valence-corrected chi connectivity index (χ1v) is 8.74. The van der Waals surface area contributed by atoms with Crippen LogP contribution in [0, 0.1) is 24.0 Å². The summed E-state index contributed by atoms with van der Waals surface area (Å²) in [5, 5.41) is 13.4. The monoisotopic (exact) mass is 363 g/mol. The van der Waals surface area contributed by atoms with Gasteiger partial charge in [0.05, 0.1) is 9.82 Å². The van der Waals surface area contributed by atoms with Gasteiger partial charge >= 0.3 is 0 Å². The van der Waals surface area contributed by atoms with Crippen LogP contribution < -0.4 is 10.0 Å². The maximum atomic E-state index is 12.3. The van der Waals surface area contributed by atoms with Crippen LogP contribution in [0.1, 0.15) is 21.5 Å². The molecule has 2 aromatic rings. The van der Waals surface area contributed by atoms with E-state index in [2.05, 4.69) is 10.0 Å². The van der Waals surface area contributed by atoms with E-state index in [1.54, 1.807) is 26.0 Å². The lowest BCUT2D eigenvalue weighted by Crippen LogP contribution is -2.20. The van der Waals surface area contributed by atoms with Gasteiger partial charge in [-0.2, -0.15) is 0 Å². The summed E-state index contributed by atoms with van der Waals surface area (Å²) in [5.74, 6) is -0.491. The van der Waals surface area contributed by atoms with Gasteiger partial charge in [0.15, 0.2) is 0 Å². The number of nitro benzene ring substituents is 1. The number of aryl methyl sites for hydroxylation is 2. The first-order valence-electron chi connectivity index (χ1n) is 7.26. The SMILES string of the molecule is CNS(=O)(=O)c1cc(NC(=O)c2ccc([N+](=O)[O-])c(C)c2)ccc1C. The summed E-state index contributed by atoms with van der Waals surface area (Å²) in [6.45, 7) is 3.19. The van der Waals surface area contributed by atoms with E-state index in [4.69, 9.17) is 0 Å². The molecule has 0 aliphatic heterocycles. The molecule has 0 aliphatic carbocycles. The standard InChI is InChI=1S/C16H17N3O5S/c1-10-4-6-13(9-15(10)25(23,24)17-3)18-16(20)12-5-7-14(19(21)22)11(2)8-12/h4-9,17H,1-3H3,(H,18,20). The molecule has 0 saturated carbocycles. The molecular formula is C16H17N3O5S. The summed E-state index contributed by atoms with van der Waals surface area (Å²) < 4.78 is 26.2. The van der Waals surface area contributed by atoms with Crippen LogP contribution in [0.2, 0.25) is 0 Å². The van der Waals surface area contributed by atoms with Crippen LogP contribution in [0.15, 0.2) is 41.3 Å². The minimum atomic E-state index is -3.65. The fourth-order valence-corrected chi connectivity index (χ4v) is 3.28. The number of carbonyl (C=O) groups excluding carboxylic acids is 1. The lowest BCUT2D eigenvalue weighted by molar-refractivity contribution is -0.385. The van der Waals surface area contributed by atoms with Gasteiger partial charge in [-0.05, 0) is 50.7 Å². The highest BCUT2D eigenvalue weighted by molar-refractivity contribution is 7.89. The van der Waals surface area contributed by atoms with E-state index >= 15 is 0 Å². The van der Waals surface area contributed by atoms with Crippen molar-refractivity contribution in [1.29, 1.82) is 0 Å². The summed E-state index contributed by atoms with van der Waals surface area (Å²) in [5.41, 5.74) is 1.37. The normalized spacial score (nSPS) is 11.2. The molecule has 0 atom stereocenters. The highest BCUT2D eigenvalue weighted by atomic mass is 32.2. The zero-order valence-electron chi connectivity index (χ0n) is 13.9. The number of nitrogens with one attached hydrogen (secondary N) is 2. The largest absolute Gasteiger partial charge is 0.322 e. The van der Waals surface area contributed by atoms with E-state index in [1.807, 2.05) is 0 Å². The van der Waals surface area contributed by atoms with Crippen LogP contribution in [0.25, 0.3) is 0 Å². The maximum absolute atomic E-state index is 12.3. The summed E-state index contributed by atoms with van der Waals surface area (Å²) in [4.78, 5) is 22.7. The quantitative estimate of drug-likeness (QED) is 0.624. The molecule has 25 heavy (non-hydrogen) atoms. The number of anilines is 1. The number of sulfonamides is 1. The number of amides is 1. The van der Waals surface area contributed by atoms with E-state index in [0.717, 1.165) is 0 Å². The van der Waals surface area contributed by atoms with E-state index in [9.17, 15) is 23.3 Å². The zero-order valence-corrected chi connectivity index (χ0v) is 14.7. The number of nitrogens with zero attached hydrogens (tertiary/aromatic N) is 1. The predicted octanol–water partition coefficient (Wildman–Crippen LogP) is 2.37. The second-order valence-corrected chi connectivity index (χ2v) is 7.26. The molecule has 0 bridgehead atoms. The molecule has 132 valence electrons. The Labute approximate surface area is 145 Å². The Morgan fingerprint density at radius 1 is 1.08 bits per heavy atom. The van der Waals surface area contributed by atoms with E-state index in [1.165, 1.54) is 31.3 Å². The van der Waals surface area contributed by atoms with Crippen LogP contribution in [0.5, 0.6) is 0 Å². The number of benzene rings is 2. The third kappa shape index (κ3) is 4.01. The minimum Gasteiger partial charge on any atom is -0.322 e. The van der Waals surface area contributed by atoms with Gasteiger partial charge in [0.25, 0.3) is 11.6 Å². The number of rotatable bonds is 5. The molecule has 2 N–H and O–H groups in total. The molecule has 0 saturated heterocycles. The van der Waals surface area contributed by atoms with Gasteiger partial charge in [0.1, 0.15) is 0 Å². The predicted molar refractivity (Wildman–Crippen MR) is 93.2 cm³/mol. The maximum Gasteiger partial charge on any atom is 0.272 e. The van der Waals surface area contributed by atoms with Crippen molar-refractivity contribution in [3.05, 3.63) is 63.2 Å². The highest BCUT2D eigenvalue weighted by Gasteiger charge is 2.17. The fraction of sp³-hybridized carbons (Fsp3) is 0.188. The van der Waals surface area contributed by atoms with Gasteiger partial charge in [0, 0.05) is 22.9 Å². The van der Waals surface area contributed by atoms with E-state index in [-0.39, 0.29) is 16.1 Å². The van der Waals surface area contributed by atoms with Crippen molar-refractivity contribution in [2.75, 3.05) is 12.4 Å². The van der Waals surface area contributed by atoms with Gasteiger partial charge < -0.3 is 5.32 Å². The molecule has 0 spiro atoms. The Morgan fingerprint density at radius 3 is 2.32 bits per heavy atom. The fourth-order valence-electron chi connectivity index (χ4n) is 2.28. The third-order valence-electron chi connectivity index (χ3n) is 3.66. The zero-order chi connectivity index (χ0) is 18.8. The van der Waals surface area contributed by atoms with Crippen molar-refractivity contribution in [2.24, 2.45) is 0 Å². The smallest absolute Gasteiger partial charge is 0.272 e. The topological polar surface area (TPSA) is 118 Å². The molecule has 0 fully saturated rings. The number of carbonyl (C=O) groups is 1. The van der Waals surface area contributed by atoms with Crippen molar-refractivity contribution < 1.29 is 18.1 Å². The van der Waals surface area contributed by atoms with Crippen LogP contribution in [-0.2, 0) is 10.0 Å². The van der Waals surface area contributed by atoms with Crippen molar-refractivity contribution >= 4 is 27.3 Å². The van der Waals surface area contributed by atoms with Crippen LogP contribution in [0.4, 0.5) is 11.4 Å². The Morgan fingerprint density at radius 2 is 1.76 bits per heavy atom. The van der Waals surface area contributed by atoms with Crippen molar-refractivity contribution in [3.63, 3.8) is 0 Å². The Balaban J connectivity index is 2.31. The first kappa shape index (κ1) is 18.6. The third-order valence-corrected chi connectivity index (χ3v) is 5.22. The highest BCUT2D eigenvalue weighted by Crippen LogP contribution is 2.22. The lowest BCUT2D eigenvalue weighted by Gasteiger charge is -2.11.